The van der Waals surface area contributed by atoms with E-state index < -0.39 is 5.91 Å². The number of hydrogen-bond acceptors (Lipinski definition) is 3. The number of halogens is 1. The van der Waals surface area contributed by atoms with Crippen molar-refractivity contribution in [3.8, 4) is 0 Å². The Morgan fingerprint density at radius 1 is 1.27 bits per heavy atom. The molecule has 0 bridgehead atoms. The van der Waals surface area contributed by atoms with E-state index in [1.54, 1.807) is 19.2 Å². The number of hydrogen-bond donors (Lipinski definition) is 3. The van der Waals surface area contributed by atoms with E-state index in [9.17, 15) is 4.79 Å². The van der Waals surface area contributed by atoms with Gasteiger partial charge in [0, 0.05) is 38.9 Å². The third-order valence-electron chi connectivity index (χ3n) is 2.88. The Hall–Kier alpha value is -1.35. The Morgan fingerprint density at radius 2 is 1.95 bits per heavy atom. The number of nitrogens with one attached hydrogen (secondary N) is 2. The fraction of sp³-hybridized carbons (Fsp3) is 0.467. The highest BCUT2D eigenvalue weighted by atomic mass is 127. The molecule has 0 unspecified atom stereocenters. The summed E-state index contributed by atoms with van der Waals surface area (Å²) in [6, 6.07) is 7.18. The molecule has 1 aromatic carbocycles. The average molecular weight is 420 g/mol. The molecular formula is C15H25IN4O2. The summed E-state index contributed by atoms with van der Waals surface area (Å²) in [6.45, 7) is 4.91. The lowest BCUT2D eigenvalue weighted by molar-refractivity contribution is 0.100. The molecule has 6 nitrogen and oxygen atoms in total. The molecule has 0 saturated heterocycles. The number of primary amides is 1. The van der Waals surface area contributed by atoms with Crippen LogP contribution in [0.25, 0.3) is 0 Å². The Balaban J connectivity index is 0.00000441. The van der Waals surface area contributed by atoms with E-state index in [0.717, 1.165) is 37.7 Å². The van der Waals surface area contributed by atoms with Gasteiger partial charge in [0.1, 0.15) is 0 Å². The monoisotopic (exact) mass is 420 g/mol. The Kier molecular flexibility index (Phi) is 11.5. The van der Waals surface area contributed by atoms with Crippen LogP contribution in [0.2, 0.25) is 0 Å². The summed E-state index contributed by atoms with van der Waals surface area (Å²) >= 11 is 0. The van der Waals surface area contributed by atoms with E-state index in [2.05, 4.69) is 15.6 Å². The van der Waals surface area contributed by atoms with E-state index in [1.165, 1.54) is 0 Å². The number of nitrogens with two attached hydrogens (primary N) is 1. The maximum Gasteiger partial charge on any atom is 0.248 e. The van der Waals surface area contributed by atoms with Gasteiger partial charge in [-0.1, -0.05) is 12.1 Å². The molecule has 0 fully saturated rings. The van der Waals surface area contributed by atoms with Crippen LogP contribution in [0.1, 0.15) is 29.3 Å². The molecule has 4 N–H and O–H groups in total. The second-order valence-corrected chi connectivity index (χ2v) is 4.46. The van der Waals surface area contributed by atoms with E-state index in [0.29, 0.717) is 12.1 Å². The zero-order valence-corrected chi connectivity index (χ0v) is 15.4. The summed E-state index contributed by atoms with van der Waals surface area (Å²) in [7, 11) is 1.73. The number of benzene rings is 1. The first kappa shape index (κ1) is 20.6. The second kappa shape index (κ2) is 12.2. The van der Waals surface area contributed by atoms with Crippen LogP contribution in [0.4, 0.5) is 0 Å². The maximum absolute atomic E-state index is 11.0. The molecule has 1 rings (SSSR count). The van der Waals surface area contributed by atoms with Crippen LogP contribution < -0.4 is 16.4 Å². The van der Waals surface area contributed by atoms with Crippen LogP contribution in [-0.4, -0.2) is 38.7 Å². The van der Waals surface area contributed by atoms with E-state index >= 15 is 0 Å². The summed E-state index contributed by atoms with van der Waals surface area (Å²) in [6.07, 6.45) is 0.932. The van der Waals surface area contributed by atoms with Crippen molar-refractivity contribution in [3.63, 3.8) is 0 Å². The summed E-state index contributed by atoms with van der Waals surface area (Å²) in [5.41, 5.74) is 6.77. The van der Waals surface area contributed by atoms with Gasteiger partial charge >= 0.3 is 0 Å². The van der Waals surface area contributed by atoms with Gasteiger partial charge in [-0.05, 0) is 31.0 Å². The molecule has 1 amide bonds. The van der Waals surface area contributed by atoms with Crippen LogP contribution in [0.3, 0.4) is 0 Å². The molecule has 124 valence electrons. The van der Waals surface area contributed by atoms with Crippen molar-refractivity contribution in [2.24, 2.45) is 10.7 Å². The lowest BCUT2D eigenvalue weighted by Crippen LogP contribution is -2.37. The van der Waals surface area contributed by atoms with Gasteiger partial charge in [-0.25, -0.2) is 0 Å². The van der Waals surface area contributed by atoms with Gasteiger partial charge < -0.3 is 21.1 Å². The standard InChI is InChI=1S/C15H24N4O2.HI/c1-3-21-10-4-9-18-15(17-2)19-11-12-5-7-13(8-6-12)14(16)20;/h5-8H,3-4,9-11H2,1-2H3,(H2,16,20)(H2,17,18,19);1H. The minimum Gasteiger partial charge on any atom is -0.382 e. The molecule has 0 radical (unpaired) electrons. The maximum atomic E-state index is 11.0. The highest BCUT2D eigenvalue weighted by Gasteiger charge is 2.01. The van der Waals surface area contributed by atoms with E-state index in [4.69, 9.17) is 10.5 Å². The predicted molar refractivity (Wildman–Crippen MR) is 99.7 cm³/mol. The smallest absolute Gasteiger partial charge is 0.248 e. The summed E-state index contributed by atoms with van der Waals surface area (Å²) in [5, 5.41) is 6.42. The lowest BCUT2D eigenvalue weighted by Gasteiger charge is -2.12. The van der Waals surface area contributed by atoms with Gasteiger partial charge in [0.25, 0.3) is 0 Å². The minimum atomic E-state index is -0.415. The van der Waals surface area contributed by atoms with Gasteiger partial charge in [0.2, 0.25) is 5.91 Å². The normalized spacial score (nSPS) is 10.7. The number of aliphatic imine (C=N–C) groups is 1. The van der Waals surface area contributed by atoms with E-state index in [-0.39, 0.29) is 24.0 Å². The number of carbonyl (C=O) groups is 1. The molecule has 0 saturated carbocycles. The van der Waals surface area contributed by atoms with Crippen molar-refractivity contribution in [1.82, 2.24) is 10.6 Å². The van der Waals surface area contributed by atoms with Gasteiger partial charge in [-0.3, -0.25) is 9.79 Å². The fourth-order valence-corrected chi connectivity index (χ4v) is 1.72. The molecule has 0 aliphatic heterocycles. The topological polar surface area (TPSA) is 88.7 Å². The van der Waals surface area contributed by atoms with Crippen LogP contribution in [0.15, 0.2) is 29.3 Å². The van der Waals surface area contributed by atoms with Crippen LogP contribution in [0.5, 0.6) is 0 Å². The molecule has 7 heteroatoms. The van der Waals surface area contributed by atoms with Crippen molar-refractivity contribution in [2.75, 3.05) is 26.8 Å². The van der Waals surface area contributed by atoms with Crippen LogP contribution in [-0.2, 0) is 11.3 Å². The van der Waals surface area contributed by atoms with Crippen LogP contribution in [0, 0.1) is 0 Å². The third-order valence-corrected chi connectivity index (χ3v) is 2.88. The first-order valence-electron chi connectivity index (χ1n) is 7.08. The Bertz CT molecular complexity index is 463. The Labute approximate surface area is 148 Å². The molecule has 1 aromatic rings. The van der Waals surface area contributed by atoms with Crippen molar-refractivity contribution in [1.29, 1.82) is 0 Å². The molecular weight excluding hydrogens is 395 g/mol. The molecule has 0 heterocycles. The highest BCUT2D eigenvalue weighted by molar-refractivity contribution is 14.0. The van der Waals surface area contributed by atoms with Crippen molar-refractivity contribution in [2.45, 2.75) is 19.9 Å². The second-order valence-electron chi connectivity index (χ2n) is 4.46. The summed E-state index contributed by atoms with van der Waals surface area (Å²) in [4.78, 5) is 15.1. The number of amides is 1. The van der Waals surface area contributed by atoms with Crippen molar-refractivity contribution in [3.05, 3.63) is 35.4 Å². The summed E-state index contributed by atoms with van der Waals surface area (Å²) < 4.78 is 5.27. The van der Waals surface area contributed by atoms with Crippen molar-refractivity contribution >= 4 is 35.8 Å². The largest absolute Gasteiger partial charge is 0.382 e. The van der Waals surface area contributed by atoms with Gasteiger partial charge in [-0.15, -0.1) is 24.0 Å². The van der Waals surface area contributed by atoms with Crippen LogP contribution >= 0.6 is 24.0 Å². The SMILES string of the molecule is CCOCCCNC(=NC)NCc1ccc(C(N)=O)cc1.I. The molecule has 0 spiro atoms. The highest BCUT2D eigenvalue weighted by Crippen LogP contribution is 2.03. The van der Waals surface area contributed by atoms with E-state index in [1.807, 2.05) is 19.1 Å². The quantitative estimate of drug-likeness (QED) is 0.257. The molecule has 0 aromatic heterocycles. The number of carbonyl (C=O) groups excluding carboxylic acids is 1. The zero-order valence-electron chi connectivity index (χ0n) is 13.1. The van der Waals surface area contributed by atoms with Gasteiger partial charge in [-0.2, -0.15) is 0 Å². The van der Waals surface area contributed by atoms with Gasteiger partial charge in [0.15, 0.2) is 5.96 Å². The first-order valence-corrected chi connectivity index (χ1v) is 7.08. The molecule has 22 heavy (non-hydrogen) atoms. The Morgan fingerprint density at radius 3 is 2.50 bits per heavy atom. The fourth-order valence-electron chi connectivity index (χ4n) is 1.72. The molecule has 0 atom stereocenters. The first-order chi connectivity index (χ1) is 10.2. The minimum absolute atomic E-state index is 0. The number of nitrogens with zero attached hydrogens (tertiary/aromatic N) is 1. The number of guanidine groups is 1. The number of rotatable bonds is 8. The lowest BCUT2D eigenvalue weighted by atomic mass is 10.1. The molecule has 0 aliphatic rings. The zero-order chi connectivity index (χ0) is 15.5. The molecule has 0 aliphatic carbocycles. The van der Waals surface area contributed by atoms with Crippen molar-refractivity contribution < 1.29 is 9.53 Å². The third kappa shape index (κ3) is 8.18. The summed E-state index contributed by atoms with van der Waals surface area (Å²) in [5.74, 6) is 0.326. The van der Waals surface area contributed by atoms with Gasteiger partial charge in [0.05, 0.1) is 0 Å². The predicted octanol–water partition coefficient (Wildman–Crippen LogP) is 1.50. The average Bonchev–Trinajstić information content (AvgIpc) is 2.50. The number of ether oxygens (including phenoxy) is 1.